The van der Waals surface area contributed by atoms with E-state index in [0.29, 0.717) is 5.69 Å². The molecule has 0 atom stereocenters. The first-order valence-corrected chi connectivity index (χ1v) is 7.34. The highest BCUT2D eigenvalue weighted by molar-refractivity contribution is 7.89. The molecule has 0 radical (unpaired) electrons. The molecule has 0 aromatic heterocycles. The zero-order chi connectivity index (χ0) is 15.3. The standard InChI is InChI=1S/C12H16N2O5S/c1-8(2)12(16)19-7-11(15)14-9-3-5-10(6-4-9)20(13,17)18/h3-6,8H,7H2,1-2H3,(H,14,15)(H2,13,17,18). The maximum absolute atomic E-state index is 11.5. The van der Waals surface area contributed by atoms with Gasteiger partial charge in [-0.05, 0) is 24.3 Å². The molecule has 1 aromatic rings. The van der Waals surface area contributed by atoms with Crippen molar-refractivity contribution in [3.05, 3.63) is 24.3 Å². The first-order valence-electron chi connectivity index (χ1n) is 5.79. The lowest BCUT2D eigenvalue weighted by Gasteiger charge is -2.08. The Bertz CT molecular complexity index is 593. The Balaban J connectivity index is 2.57. The SMILES string of the molecule is CC(C)C(=O)OCC(=O)Nc1ccc(S(N)(=O)=O)cc1. The van der Waals surface area contributed by atoms with Crippen LogP contribution in [0, 0.1) is 5.92 Å². The van der Waals surface area contributed by atoms with Crippen molar-refractivity contribution in [2.75, 3.05) is 11.9 Å². The summed E-state index contributed by atoms with van der Waals surface area (Å²) in [7, 11) is -3.76. The molecule has 20 heavy (non-hydrogen) atoms. The second kappa shape index (κ2) is 6.49. The predicted molar refractivity (Wildman–Crippen MR) is 72.2 cm³/mol. The number of esters is 1. The van der Waals surface area contributed by atoms with Crippen LogP contribution >= 0.6 is 0 Å². The van der Waals surface area contributed by atoms with Crippen LogP contribution in [0.3, 0.4) is 0 Å². The number of sulfonamides is 1. The van der Waals surface area contributed by atoms with Crippen molar-refractivity contribution in [2.24, 2.45) is 11.1 Å². The Morgan fingerprint density at radius 3 is 2.25 bits per heavy atom. The maximum atomic E-state index is 11.5. The van der Waals surface area contributed by atoms with E-state index >= 15 is 0 Å². The van der Waals surface area contributed by atoms with Crippen LogP contribution in [-0.4, -0.2) is 26.9 Å². The number of nitrogens with one attached hydrogen (secondary N) is 1. The fourth-order valence-electron chi connectivity index (χ4n) is 1.23. The number of amides is 1. The van der Waals surface area contributed by atoms with E-state index in [9.17, 15) is 18.0 Å². The van der Waals surface area contributed by atoms with Crippen LogP contribution in [0.1, 0.15) is 13.8 Å². The molecule has 0 spiro atoms. The van der Waals surface area contributed by atoms with Crippen molar-refractivity contribution in [3.8, 4) is 0 Å². The molecule has 0 heterocycles. The molecule has 0 saturated heterocycles. The number of ether oxygens (including phenoxy) is 1. The molecular weight excluding hydrogens is 284 g/mol. The van der Waals surface area contributed by atoms with E-state index in [-0.39, 0.29) is 10.8 Å². The molecule has 8 heteroatoms. The molecule has 7 nitrogen and oxygen atoms in total. The van der Waals surface area contributed by atoms with Crippen molar-refractivity contribution in [3.63, 3.8) is 0 Å². The third-order valence-corrected chi connectivity index (χ3v) is 3.21. The molecule has 0 aliphatic rings. The summed E-state index contributed by atoms with van der Waals surface area (Å²) < 4.78 is 26.8. The highest BCUT2D eigenvalue weighted by Gasteiger charge is 2.12. The second-order valence-electron chi connectivity index (χ2n) is 4.38. The number of anilines is 1. The van der Waals surface area contributed by atoms with E-state index in [1.807, 2.05) is 0 Å². The molecule has 1 rings (SSSR count). The second-order valence-corrected chi connectivity index (χ2v) is 5.94. The van der Waals surface area contributed by atoms with E-state index in [1.54, 1.807) is 13.8 Å². The lowest BCUT2D eigenvalue weighted by atomic mass is 10.2. The van der Waals surface area contributed by atoms with Gasteiger partial charge in [-0.1, -0.05) is 13.8 Å². The van der Waals surface area contributed by atoms with Crippen molar-refractivity contribution < 1.29 is 22.7 Å². The summed E-state index contributed by atoms with van der Waals surface area (Å²) in [6.45, 7) is 2.92. The van der Waals surface area contributed by atoms with Crippen LogP contribution in [0.15, 0.2) is 29.2 Å². The summed E-state index contributed by atoms with van der Waals surface area (Å²) in [6.07, 6.45) is 0. The molecule has 0 unspecified atom stereocenters. The molecule has 1 aromatic carbocycles. The average molecular weight is 300 g/mol. The molecule has 1 amide bonds. The predicted octanol–water partition coefficient (Wildman–Crippen LogP) is 0.472. The quantitative estimate of drug-likeness (QED) is 0.767. The van der Waals surface area contributed by atoms with Crippen LogP contribution in [0.4, 0.5) is 5.69 Å². The summed E-state index contributed by atoms with van der Waals surface area (Å²) in [5.74, 6) is -1.29. The summed E-state index contributed by atoms with van der Waals surface area (Å²) in [4.78, 5) is 22.6. The van der Waals surface area contributed by atoms with Crippen LogP contribution in [-0.2, 0) is 24.3 Å². The minimum absolute atomic E-state index is 0.0539. The minimum atomic E-state index is -3.76. The van der Waals surface area contributed by atoms with Gasteiger partial charge in [0.25, 0.3) is 5.91 Å². The summed E-state index contributed by atoms with van der Waals surface area (Å²) in [6, 6.07) is 5.32. The lowest BCUT2D eigenvalue weighted by molar-refractivity contribution is -0.150. The van der Waals surface area contributed by atoms with Gasteiger partial charge in [-0.25, -0.2) is 13.6 Å². The number of nitrogens with two attached hydrogens (primary N) is 1. The van der Waals surface area contributed by atoms with Crippen molar-refractivity contribution in [1.82, 2.24) is 0 Å². The molecule has 0 aliphatic carbocycles. The van der Waals surface area contributed by atoms with Crippen molar-refractivity contribution in [2.45, 2.75) is 18.7 Å². The molecule has 3 N–H and O–H groups in total. The van der Waals surface area contributed by atoms with Gasteiger partial charge in [0.1, 0.15) is 0 Å². The lowest BCUT2D eigenvalue weighted by Crippen LogP contribution is -2.22. The number of hydrogen-bond acceptors (Lipinski definition) is 5. The van der Waals surface area contributed by atoms with Crippen LogP contribution < -0.4 is 10.5 Å². The van der Waals surface area contributed by atoms with Crippen LogP contribution in [0.25, 0.3) is 0 Å². The van der Waals surface area contributed by atoms with Gasteiger partial charge in [-0.3, -0.25) is 9.59 Å². The molecule has 0 aliphatic heterocycles. The van der Waals surface area contributed by atoms with E-state index in [4.69, 9.17) is 9.88 Å². The number of rotatable bonds is 5. The Hall–Kier alpha value is -1.93. The molecule has 0 bridgehead atoms. The third kappa shape index (κ3) is 4.98. The van der Waals surface area contributed by atoms with Crippen LogP contribution in [0.2, 0.25) is 0 Å². The fraction of sp³-hybridized carbons (Fsp3) is 0.333. The van der Waals surface area contributed by atoms with Gasteiger partial charge in [0.2, 0.25) is 10.0 Å². The zero-order valence-electron chi connectivity index (χ0n) is 11.1. The molecule has 0 saturated carbocycles. The number of primary sulfonamides is 1. The highest BCUT2D eigenvalue weighted by atomic mass is 32.2. The number of benzene rings is 1. The van der Waals surface area contributed by atoms with E-state index in [0.717, 1.165) is 0 Å². The monoisotopic (exact) mass is 300 g/mol. The molecule has 0 fully saturated rings. The van der Waals surface area contributed by atoms with E-state index < -0.39 is 28.5 Å². The van der Waals surface area contributed by atoms with Gasteiger partial charge in [0.15, 0.2) is 6.61 Å². The summed E-state index contributed by atoms with van der Waals surface area (Å²) >= 11 is 0. The van der Waals surface area contributed by atoms with E-state index in [1.165, 1.54) is 24.3 Å². The Morgan fingerprint density at radius 1 is 1.25 bits per heavy atom. The zero-order valence-corrected chi connectivity index (χ0v) is 11.9. The minimum Gasteiger partial charge on any atom is -0.455 e. The van der Waals surface area contributed by atoms with Gasteiger partial charge in [0.05, 0.1) is 10.8 Å². The first kappa shape index (κ1) is 16.1. The largest absolute Gasteiger partial charge is 0.455 e. The number of carbonyl (C=O) groups excluding carboxylic acids is 2. The van der Waals surface area contributed by atoms with E-state index in [2.05, 4.69) is 5.32 Å². The topological polar surface area (TPSA) is 116 Å². The Morgan fingerprint density at radius 2 is 1.80 bits per heavy atom. The van der Waals surface area contributed by atoms with Gasteiger partial charge in [-0.15, -0.1) is 0 Å². The Labute approximate surface area is 117 Å². The molecule has 110 valence electrons. The van der Waals surface area contributed by atoms with Crippen molar-refractivity contribution >= 4 is 27.6 Å². The number of carbonyl (C=O) groups is 2. The molecular formula is C12H16N2O5S. The van der Waals surface area contributed by atoms with Crippen molar-refractivity contribution in [1.29, 1.82) is 0 Å². The normalized spacial score (nSPS) is 11.2. The van der Waals surface area contributed by atoms with Gasteiger partial charge < -0.3 is 10.1 Å². The smallest absolute Gasteiger partial charge is 0.308 e. The van der Waals surface area contributed by atoms with Gasteiger partial charge in [0, 0.05) is 5.69 Å². The van der Waals surface area contributed by atoms with Crippen LogP contribution in [0.5, 0.6) is 0 Å². The third-order valence-electron chi connectivity index (χ3n) is 2.28. The first-order chi connectivity index (χ1) is 9.20. The summed E-state index contributed by atoms with van der Waals surface area (Å²) in [5.41, 5.74) is 0.378. The van der Waals surface area contributed by atoms with Gasteiger partial charge in [-0.2, -0.15) is 0 Å². The maximum Gasteiger partial charge on any atom is 0.308 e. The van der Waals surface area contributed by atoms with Gasteiger partial charge >= 0.3 is 5.97 Å². The fourth-order valence-corrected chi connectivity index (χ4v) is 1.74. The highest BCUT2D eigenvalue weighted by Crippen LogP contribution is 2.12. The number of hydrogen-bond donors (Lipinski definition) is 2. The Kier molecular flexibility index (Phi) is 5.23. The average Bonchev–Trinajstić information content (AvgIpc) is 2.35. The summed E-state index contributed by atoms with van der Waals surface area (Å²) in [5, 5.41) is 7.41.